The van der Waals surface area contributed by atoms with E-state index in [1.165, 1.54) is 0 Å². The Bertz CT molecular complexity index is 714. The highest BCUT2D eigenvalue weighted by molar-refractivity contribution is 5.78. The van der Waals surface area contributed by atoms with Gasteiger partial charge in [-0.05, 0) is 30.3 Å². The number of pyridine rings is 1. The molecule has 0 amide bonds. The lowest BCUT2D eigenvalue weighted by Gasteiger charge is -2.05. The molecule has 0 bridgehead atoms. The van der Waals surface area contributed by atoms with Crippen LogP contribution in [0.15, 0.2) is 47.4 Å². The number of aromatic nitrogens is 3. The molecule has 2 heterocycles. The Hall–Kier alpha value is -2.56. The van der Waals surface area contributed by atoms with E-state index in [1.54, 1.807) is 6.20 Å². The Balaban J connectivity index is 1.80. The molecule has 0 saturated carbocycles. The van der Waals surface area contributed by atoms with E-state index < -0.39 is 0 Å². The summed E-state index contributed by atoms with van der Waals surface area (Å²) in [6.45, 7) is 0.654. The molecule has 0 spiro atoms. The van der Waals surface area contributed by atoms with E-state index in [1.807, 2.05) is 36.4 Å². The van der Waals surface area contributed by atoms with E-state index in [-0.39, 0.29) is 5.69 Å². The van der Waals surface area contributed by atoms with Gasteiger partial charge in [0.2, 0.25) is 0 Å². The van der Waals surface area contributed by atoms with Gasteiger partial charge in [-0.25, -0.2) is 4.79 Å². The second kappa shape index (κ2) is 4.37. The number of imidazole rings is 1. The minimum atomic E-state index is -0.188. The number of fused-ring (bicyclic) bond motifs is 1. The van der Waals surface area contributed by atoms with Crippen LogP contribution in [0.25, 0.3) is 11.0 Å². The highest BCUT2D eigenvalue weighted by Crippen LogP contribution is 2.14. The fourth-order valence-electron chi connectivity index (χ4n) is 1.84. The lowest BCUT2D eigenvalue weighted by Crippen LogP contribution is -2.00. The zero-order chi connectivity index (χ0) is 12.4. The molecular formula is C13H12N4O. The predicted octanol–water partition coefficient (Wildman–Crippen LogP) is 1.86. The molecule has 0 aliphatic rings. The zero-order valence-corrected chi connectivity index (χ0v) is 9.60. The third kappa shape index (κ3) is 2.10. The third-order valence-corrected chi connectivity index (χ3v) is 2.72. The van der Waals surface area contributed by atoms with E-state index in [0.717, 1.165) is 22.4 Å². The van der Waals surface area contributed by atoms with Crippen molar-refractivity contribution in [3.05, 3.63) is 58.8 Å². The summed E-state index contributed by atoms with van der Waals surface area (Å²) in [5, 5.41) is 3.26. The van der Waals surface area contributed by atoms with E-state index in [2.05, 4.69) is 20.3 Å². The third-order valence-electron chi connectivity index (χ3n) is 2.72. The number of hydrogen-bond acceptors (Lipinski definition) is 3. The lowest BCUT2D eigenvalue weighted by molar-refractivity contribution is 1.05. The van der Waals surface area contributed by atoms with Crippen LogP contribution >= 0.6 is 0 Å². The first-order valence-corrected chi connectivity index (χ1v) is 5.67. The Morgan fingerprint density at radius 1 is 1.11 bits per heavy atom. The Morgan fingerprint density at radius 2 is 2.00 bits per heavy atom. The fourth-order valence-corrected chi connectivity index (χ4v) is 1.84. The van der Waals surface area contributed by atoms with Gasteiger partial charge in [0.15, 0.2) is 0 Å². The van der Waals surface area contributed by atoms with Gasteiger partial charge in [0.1, 0.15) is 0 Å². The molecule has 1 aromatic carbocycles. The molecule has 90 valence electrons. The molecular weight excluding hydrogens is 228 g/mol. The molecule has 0 fully saturated rings. The Kier molecular flexibility index (Phi) is 2.57. The molecule has 0 aliphatic heterocycles. The molecule has 18 heavy (non-hydrogen) atoms. The topological polar surface area (TPSA) is 73.6 Å². The van der Waals surface area contributed by atoms with Crippen molar-refractivity contribution >= 4 is 16.7 Å². The maximum atomic E-state index is 11.1. The standard InChI is InChI=1S/C13H12N4O/c18-13-16-11-5-4-9(7-12(11)17-13)15-8-10-3-1-2-6-14-10/h1-7,15H,8H2,(H2,16,17,18). The molecule has 0 unspecified atom stereocenters. The summed E-state index contributed by atoms with van der Waals surface area (Å²) in [5.41, 5.74) is 3.34. The predicted molar refractivity (Wildman–Crippen MR) is 70.5 cm³/mol. The second-order valence-electron chi connectivity index (χ2n) is 4.01. The molecule has 5 heteroatoms. The van der Waals surface area contributed by atoms with Crippen LogP contribution in [0.4, 0.5) is 5.69 Å². The van der Waals surface area contributed by atoms with Crippen molar-refractivity contribution in [1.29, 1.82) is 0 Å². The molecule has 0 atom stereocenters. The maximum Gasteiger partial charge on any atom is 0.323 e. The first-order valence-electron chi connectivity index (χ1n) is 5.67. The SMILES string of the molecule is O=c1[nH]c2ccc(NCc3ccccn3)cc2[nH]1. The summed E-state index contributed by atoms with van der Waals surface area (Å²) in [5.74, 6) is 0. The van der Waals surface area contributed by atoms with Gasteiger partial charge in [-0.1, -0.05) is 6.07 Å². The molecule has 3 aromatic rings. The van der Waals surface area contributed by atoms with Crippen LogP contribution in [0.5, 0.6) is 0 Å². The highest BCUT2D eigenvalue weighted by Gasteiger charge is 2.00. The summed E-state index contributed by atoms with van der Waals surface area (Å²) < 4.78 is 0. The average molecular weight is 240 g/mol. The minimum absolute atomic E-state index is 0.188. The molecule has 5 nitrogen and oxygen atoms in total. The smallest absolute Gasteiger partial charge is 0.323 e. The number of hydrogen-bond donors (Lipinski definition) is 3. The van der Waals surface area contributed by atoms with Gasteiger partial charge in [-0.3, -0.25) is 4.98 Å². The number of anilines is 1. The van der Waals surface area contributed by atoms with Gasteiger partial charge in [0.05, 0.1) is 23.3 Å². The number of benzene rings is 1. The van der Waals surface area contributed by atoms with Gasteiger partial charge in [0.25, 0.3) is 0 Å². The highest BCUT2D eigenvalue weighted by atomic mass is 16.1. The van der Waals surface area contributed by atoms with Gasteiger partial charge in [-0.15, -0.1) is 0 Å². The van der Waals surface area contributed by atoms with Crippen molar-refractivity contribution in [1.82, 2.24) is 15.0 Å². The fraction of sp³-hybridized carbons (Fsp3) is 0.0769. The summed E-state index contributed by atoms with van der Waals surface area (Å²) >= 11 is 0. The van der Waals surface area contributed by atoms with Crippen molar-refractivity contribution in [2.24, 2.45) is 0 Å². The molecule has 3 rings (SSSR count). The van der Waals surface area contributed by atoms with Gasteiger partial charge >= 0.3 is 5.69 Å². The van der Waals surface area contributed by atoms with Gasteiger partial charge < -0.3 is 15.3 Å². The van der Waals surface area contributed by atoms with E-state index >= 15 is 0 Å². The van der Waals surface area contributed by atoms with E-state index in [0.29, 0.717) is 6.54 Å². The largest absolute Gasteiger partial charge is 0.379 e. The van der Waals surface area contributed by atoms with Crippen LogP contribution < -0.4 is 11.0 Å². The van der Waals surface area contributed by atoms with E-state index in [9.17, 15) is 4.79 Å². The first-order chi connectivity index (χ1) is 8.81. The summed E-state index contributed by atoms with van der Waals surface area (Å²) in [6.07, 6.45) is 1.77. The first kappa shape index (κ1) is 10.6. The number of nitrogens with one attached hydrogen (secondary N) is 3. The maximum absolute atomic E-state index is 11.1. The summed E-state index contributed by atoms with van der Waals surface area (Å²) in [6, 6.07) is 11.5. The second-order valence-corrected chi connectivity index (χ2v) is 4.01. The molecule has 2 aromatic heterocycles. The van der Waals surface area contributed by atoms with Crippen molar-refractivity contribution in [3.63, 3.8) is 0 Å². The van der Waals surface area contributed by atoms with Crippen LogP contribution in [-0.2, 0) is 6.54 Å². The molecule has 3 N–H and O–H groups in total. The van der Waals surface area contributed by atoms with Crippen LogP contribution in [0.3, 0.4) is 0 Å². The summed E-state index contributed by atoms with van der Waals surface area (Å²) in [4.78, 5) is 20.8. The van der Waals surface area contributed by atoms with E-state index in [4.69, 9.17) is 0 Å². The number of rotatable bonds is 3. The van der Waals surface area contributed by atoms with Crippen LogP contribution in [0.1, 0.15) is 5.69 Å². The zero-order valence-electron chi connectivity index (χ0n) is 9.60. The monoisotopic (exact) mass is 240 g/mol. The van der Waals surface area contributed by atoms with Crippen LogP contribution in [0, 0.1) is 0 Å². The normalized spacial score (nSPS) is 10.7. The van der Waals surface area contributed by atoms with Crippen molar-refractivity contribution in [2.75, 3.05) is 5.32 Å². The van der Waals surface area contributed by atoms with Crippen molar-refractivity contribution < 1.29 is 0 Å². The lowest BCUT2D eigenvalue weighted by atomic mass is 10.2. The van der Waals surface area contributed by atoms with Gasteiger partial charge in [0, 0.05) is 11.9 Å². The van der Waals surface area contributed by atoms with Gasteiger partial charge in [-0.2, -0.15) is 0 Å². The quantitative estimate of drug-likeness (QED) is 0.654. The molecule has 0 radical (unpaired) electrons. The van der Waals surface area contributed by atoms with Crippen LogP contribution in [-0.4, -0.2) is 15.0 Å². The number of nitrogens with zero attached hydrogens (tertiary/aromatic N) is 1. The Labute approximate surface area is 103 Å². The Morgan fingerprint density at radius 3 is 2.83 bits per heavy atom. The molecule has 0 saturated heterocycles. The number of aromatic amines is 2. The van der Waals surface area contributed by atoms with Crippen LogP contribution in [0.2, 0.25) is 0 Å². The van der Waals surface area contributed by atoms with Crippen molar-refractivity contribution in [3.8, 4) is 0 Å². The average Bonchev–Trinajstić information content (AvgIpc) is 2.77. The minimum Gasteiger partial charge on any atom is -0.379 e. The molecule has 0 aliphatic carbocycles. The summed E-state index contributed by atoms with van der Waals surface area (Å²) in [7, 11) is 0. The number of H-pyrrole nitrogens is 2. The van der Waals surface area contributed by atoms with Crippen molar-refractivity contribution in [2.45, 2.75) is 6.54 Å².